The molecule has 0 radical (unpaired) electrons. The van der Waals surface area contributed by atoms with Gasteiger partial charge in [0.15, 0.2) is 0 Å². The van der Waals surface area contributed by atoms with E-state index in [2.05, 4.69) is 5.32 Å². The summed E-state index contributed by atoms with van der Waals surface area (Å²) in [6.45, 7) is 3.27. The summed E-state index contributed by atoms with van der Waals surface area (Å²) in [6.07, 6.45) is 4.62. The zero-order valence-electron chi connectivity index (χ0n) is 14.5. The van der Waals surface area contributed by atoms with E-state index in [0.29, 0.717) is 30.0 Å². The SMILES string of the molecule is COc1cccc(F)c1C(C)NC1CCN(C(=O)c2ccoc2)CC1. The van der Waals surface area contributed by atoms with Crippen LogP contribution in [0.3, 0.4) is 0 Å². The Labute approximate surface area is 146 Å². The third-order valence-corrected chi connectivity index (χ3v) is 4.70. The number of ether oxygens (including phenoxy) is 1. The van der Waals surface area contributed by atoms with Crippen molar-refractivity contribution in [3.05, 3.63) is 53.7 Å². The number of furan rings is 1. The zero-order valence-corrected chi connectivity index (χ0v) is 14.5. The van der Waals surface area contributed by atoms with Crippen LogP contribution < -0.4 is 10.1 Å². The van der Waals surface area contributed by atoms with Gasteiger partial charge in [0.05, 0.1) is 18.9 Å². The summed E-state index contributed by atoms with van der Waals surface area (Å²) in [5, 5.41) is 3.47. The van der Waals surface area contributed by atoms with Crippen LogP contribution in [0, 0.1) is 5.82 Å². The van der Waals surface area contributed by atoms with Gasteiger partial charge >= 0.3 is 0 Å². The first-order chi connectivity index (χ1) is 12.1. The van der Waals surface area contributed by atoms with Crippen molar-refractivity contribution < 1.29 is 18.3 Å². The number of carbonyl (C=O) groups excluding carboxylic acids is 1. The predicted molar refractivity (Wildman–Crippen MR) is 92.1 cm³/mol. The number of rotatable bonds is 5. The summed E-state index contributed by atoms with van der Waals surface area (Å²) in [5.41, 5.74) is 1.12. The van der Waals surface area contributed by atoms with Crippen LogP contribution in [0.4, 0.5) is 4.39 Å². The van der Waals surface area contributed by atoms with Crippen LogP contribution in [0.1, 0.15) is 41.7 Å². The molecule has 6 heteroatoms. The summed E-state index contributed by atoms with van der Waals surface area (Å²) < 4.78 is 24.4. The van der Waals surface area contributed by atoms with E-state index in [1.54, 1.807) is 25.3 Å². The number of methoxy groups -OCH3 is 1. The first-order valence-electron chi connectivity index (χ1n) is 8.50. The van der Waals surface area contributed by atoms with E-state index in [0.717, 1.165) is 12.8 Å². The van der Waals surface area contributed by atoms with Crippen LogP contribution in [-0.2, 0) is 0 Å². The van der Waals surface area contributed by atoms with Gasteiger partial charge in [-0.15, -0.1) is 0 Å². The Balaban J connectivity index is 1.58. The molecule has 3 rings (SSSR count). The summed E-state index contributed by atoms with van der Waals surface area (Å²) in [6, 6.07) is 6.60. The van der Waals surface area contributed by atoms with Gasteiger partial charge in [-0.3, -0.25) is 4.79 Å². The molecule has 1 aliphatic rings. The number of carbonyl (C=O) groups is 1. The summed E-state index contributed by atoms with van der Waals surface area (Å²) >= 11 is 0. The van der Waals surface area contributed by atoms with E-state index >= 15 is 0 Å². The van der Waals surface area contributed by atoms with Crippen molar-refractivity contribution in [1.29, 1.82) is 0 Å². The van der Waals surface area contributed by atoms with Crippen molar-refractivity contribution in [3.8, 4) is 5.75 Å². The van der Waals surface area contributed by atoms with Gasteiger partial charge in [0, 0.05) is 30.7 Å². The molecule has 0 bridgehead atoms. The van der Waals surface area contributed by atoms with Crippen LogP contribution >= 0.6 is 0 Å². The molecule has 2 heterocycles. The number of piperidine rings is 1. The van der Waals surface area contributed by atoms with Gasteiger partial charge in [0.2, 0.25) is 0 Å². The Morgan fingerprint density at radius 2 is 2.12 bits per heavy atom. The molecule has 0 aliphatic carbocycles. The first kappa shape index (κ1) is 17.5. The molecule has 1 N–H and O–H groups in total. The third kappa shape index (κ3) is 3.85. The van der Waals surface area contributed by atoms with Gasteiger partial charge in [-0.1, -0.05) is 6.07 Å². The van der Waals surface area contributed by atoms with E-state index in [9.17, 15) is 9.18 Å². The van der Waals surface area contributed by atoms with Gasteiger partial charge in [-0.25, -0.2) is 4.39 Å². The van der Waals surface area contributed by atoms with E-state index in [1.165, 1.54) is 18.6 Å². The second kappa shape index (κ2) is 7.70. The number of hydrogen-bond acceptors (Lipinski definition) is 4. The molecule has 1 amide bonds. The molecule has 1 fully saturated rings. The molecule has 1 aromatic carbocycles. The van der Waals surface area contributed by atoms with Gasteiger partial charge in [-0.2, -0.15) is 0 Å². The van der Waals surface area contributed by atoms with Crippen molar-refractivity contribution >= 4 is 5.91 Å². The maximum atomic E-state index is 14.2. The Kier molecular flexibility index (Phi) is 5.38. The molecule has 1 aliphatic heterocycles. The number of hydrogen-bond donors (Lipinski definition) is 1. The summed E-state index contributed by atoms with van der Waals surface area (Å²) in [4.78, 5) is 14.1. The minimum Gasteiger partial charge on any atom is -0.496 e. The lowest BCUT2D eigenvalue weighted by atomic mass is 10.0. The van der Waals surface area contributed by atoms with Crippen LogP contribution in [0.15, 0.2) is 41.2 Å². The van der Waals surface area contributed by atoms with E-state index < -0.39 is 0 Å². The van der Waals surface area contributed by atoms with Crippen LogP contribution in [0.25, 0.3) is 0 Å². The normalized spacial score (nSPS) is 16.7. The highest BCUT2D eigenvalue weighted by Gasteiger charge is 2.26. The molecule has 1 aromatic heterocycles. The first-order valence-corrected chi connectivity index (χ1v) is 8.50. The summed E-state index contributed by atoms with van der Waals surface area (Å²) in [5.74, 6) is 0.274. The molecule has 0 spiro atoms. The molecule has 1 saturated heterocycles. The fourth-order valence-corrected chi connectivity index (χ4v) is 3.37. The van der Waals surface area contributed by atoms with Crippen molar-refractivity contribution in [2.75, 3.05) is 20.2 Å². The highest BCUT2D eigenvalue weighted by Crippen LogP contribution is 2.28. The molecule has 5 nitrogen and oxygen atoms in total. The molecule has 2 aromatic rings. The fraction of sp³-hybridized carbons (Fsp3) is 0.421. The van der Waals surface area contributed by atoms with Crippen molar-refractivity contribution in [3.63, 3.8) is 0 Å². The van der Waals surface area contributed by atoms with Crippen LogP contribution in [0.5, 0.6) is 5.75 Å². The minimum absolute atomic E-state index is 0.00368. The number of likely N-dealkylation sites (tertiary alicyclic amines) is 1. The molecule has 1 atom stereocenters. The highest BCUT2D eigenvalue weighted by molar-refractivity contribution is 5.93. The van der Waals surface area contributed by atoms with Crippen molar-refractivity contribution in [2.24, 2.45) is 0 Å². The maximum Gasteiger partial charge on any atom is 0.257 e. The molecule has 25 heavy (non-hydrogen) atoms. The topological polar surface area (TPSA) is 54.7 Å². The molecular formula is C19H23FN2O3. The standard InChI is InChI=1S/C19H23FN2O3/c1-13(18-16(20)4-3-5-17(18)24-2)21-15-6-9-22(10-7-15)19(23)14-8-11-25-12-14/h3-5,8,11-13,15,21H,6-7,9-10H2,1-2H3. The average Bonchev–Trinajstić information content (AvgIpc) is 3.16. The zero-order chi connectivity index (χ0) is 17.8. The number of amides is 1. The number of nitrogens with one attached hydrogen (secondary N) is 1. The third-order valence-electron chi connectivity index (χ3n) is 4.70. The number of benzene rings is 1. The van der Waals surface area contributed by atoms with Crippen LogP contribution in [0.2, 0.25) is 0 Å². The average molecular weight is 346 g/mol. The van der Waals surface area contributed by atoms with Gasteiger partial charge in [-0.05, 0) is 38.0 Å². The summed E-state index contributed by atoms with van der Waals surface area (Å²) in [7, 11) is 1.55. The lowest BCUT2D eigenvalue weighted by Crippen LogP contribution is -2.45. The van der Waals surface area contributed by atoms with Gasteiger partial charge in [0.25, 0.3) is 5.91 Å². The molecular weight excluding hydrogens is 323 g/mol. The fourth-order valence-electron chi connectivity index (χ4n) is 3.37. The quantitative estimate of drug-likeness (QED) is 0.902. The van der Waals surface area contributed by atoms with Gasteiger partial charge < -0.3 is 19.4 Å². The van der Waals surface area contributed by atoms with Gasteiger partial charge in [0.1, 0.15) is 17.8 Å². The second-order valence-electron chi connectivity index (χ2n) is 6.32. The number of halogens is 1. The van der Waals surface area contributed by atoms with Crippen LogP contribution in [-0.4, -0.2) is 37.0 Å². The van der Waals surface area contributed by atoms with E-state index in [1.807, 2.05) is 11.8 Å². The second-order valence-corrected chi connectivity index (χ2v) is 6.32. The smallest absolute Gasteiger partial charge is 0.257 e. The Hall–Kier alpha value is -2.34. The van der Waals surface area contributed by atoms with E-state index in [4.69, 9.17) is 9.15 Å². The minimum atomic E-state index is -0.271. The lowest BCUT2D eigenvalue weighted by Gasteiger charge is -2.34. The largest absolute Gasteiger partial charge is 0.496 e. The van der Waals surface area contributed by atoms with Crippen molar-refractivity contribution in [1.82, 2.24) is 10.2 Å². The molecule has 134 valence electrons. The number of nitrogens with zero attached hydrogens (tertiary/aromatic N) is 1. The molecule has 1 unspecified atom stereocenters. The van der Waals surface area contributed by atoms with Crippen molar-refractivity contribution in [2.45, 2.75) is 31.8 Å². The van der Waals surface area contributed by atoms with E-state index in [-0.39, 0.29) is 23.8 Å². The Bertz CT molecular complexity index is 709. The highest BCUT2D eigenvalue weighted by atomic mass is 19.1. The predicted octanol–water partition coefficient (Wildman–Crippen LogP) is 3.38. The molecule has 0 saturated carbocycles. The maximum absolute atomic E-state index is 14.2. The Morgan fingerprint density at radius 3 is 2.76 bits per heavy atom. The lowest BCUT2D eigenvalue weighted by molar-refractivity contribution is 0.0701. The monoisotopic (exact) mass is 346 g/mol. The Morgan fingerprint density at radius 1 is 1.36 bits per heavy atom.